The molecule has 0 saturated carbocycles. The Morgan fingerprint density at radius 2 is 2.05 bits per heavy atom. The molecular formula is C17H21NO. The van der Waals surface area contributed by atoms with Gasteiger partial charge in [-0.25, -0.2) is 0 Å². The highest BCUT2D eigenvalue weighted by atomic mass is 16.1. The molecule has 0 spiro atoms. The molecule has 1 N–H and O–H groups in total. The smallest absolute Gasteiger partial charge is 0.217 e. The van der Waals surface area contributed by atoms with E-state index < -0.39 is 0 Å². The minimum absolute atomic E-state index is 0.0107. The molecule has 1 aromatic carbocycles. The van der Waals surface area contributed by atoms with Gasteiger partial charge >= 0.3 is 0 Å². The van der Waals surface area contributed by atoms with E-state index in [-0.39, 0.29) is 11.9 Å². The molecule has 0 aromatic heterocycles. The predicted octanol–water partition coefficient (Wildman–Crippen LogP) is 3.70. The molecule has 100 valence electrons. The summed E-state index contributed by atoms with van der Waals surface area (Å²) in [6.07, 6.45) is 6.26. The summed E-state index contributed by atoms with van der Waals surface area (Å²) in [5.74, 6) is 0.0107. The van der Waals surface area contributed by atoms with Crippen LogP contribution in [0.2, 0.25) is 0 Å². The number of fused-ring (bicyclic) bond motifs is 1. The molecular weight excluding hydrogens is 234 g/mol. The first kappa shape index (κ1) is 13.6. The Morgan fingerprint density at radius 1 is 1.32 bits per heavy atom. The van der Waals surface area contributed by atoms with E-state index in [1.54, 1.807) is 6.92 Å². The van der Waals surface area contributed by atoms with Crippen LogP contribution in [0.3, 0.4) is 0 Å². The van der Waals surface area contributed by atoms with E-state index in [1.165, 1.54) is 22.3 Å². The zero-order valence-corrected chi connectivity index (χ0v) is 11.9. The molecule has 1 aromatic rings. The van der Waals surface area contributed by atoms with Gasteiger partial charge in [0.15, 0.2) is 0 Å². The number of rotatable bonds is 2. The third kappa shape index (κ3) is 2.95. The minimum Gasteiger partial charge on any atom is -0.345 e. The summed E-state index contributed by atoms with van der Waals surface area (Å²) >= 11 is 0. The first-order valence-electron chi connectivity index (χ1n) is 6.80. The highest BCUT2D eigenvalue weighted by molar-refractivity contribution is 5.74. The van der Waals surface area contributed by atoms with Crippen molar-refractivity contribution in [3.8, 4) is 0 Å². The first-order chi connectivity index (χ1) is 9.13. The Labute approximate surface area is 115 Å². The second-order valence-corrected chi connectivity index (χ2v) is 5.07. The largest absolute Gasteiger partial charge is 0.345 e. The number of carbonyl (C=O) groups excluding carboxylic acids is 1. The molecule has 0 radical (unpaired) electrons. The molecule has 1 unspecified atom stereocenters. The topological polar surface area (TPSA) is 29.1 Å². The SMILES string of the molecule is C/C=C\C1=C(C)CCc2ccccc2C1NC(C)=O. The quantitative estimate of drug-likeness (QED) is 0.857. The molecule has 0 heterocycles. The summed E-state index contributed by atoms with van der Waals surface area (Å²) in [5, 5.41) is 3.10. The Hall–Kier alpha value is -1.83. The lowest BCUT2D eigenvalue weighted by molar-refractivity contribution is -0.119. The van der Waals surface area contributed by atoms with E-state index in [4.69, 9.17) is 0 Å². The fraction of sp³-hybridized carbons (Fsp3) is 0.353. The van der Waals surface area contributed by atoms with Crippen LogP contribution < -0.4 is 5.32 Å². The molecule has 0 bridgehead atoms. The van der Waals surface area contributed by atoms with Crippen LogP contribution in [0, 0.1) is 0 Å². The lowest BCUT2D eigenvalue weighted by atomic mass is 9.94. The van der Waals surface area contributed by atoms with Gasteiger partial charge in [0.05, 0.1) is 6.04 Å². The van der Waals surface area contributed by atoms with Crippen molar-refractivity contribution in [3.05, 3.63) is 58.7 Å². The van der Waals surface area contributed by atoms with Gasteiger partial charge in [-0.2, -0.15) is 0 Å². The van der Waals surface area contributed by atoms with E-state index in [1.807, 2.05) is 19.1 Å². The van der Waals surface area contributed by atoms with Crippen molar-refractivity contribution in [1.29, 1.82) is 0 Å². The van der Waals surface area contributed by atoms with Gasteiger partial charge in [0, 0.05) is 6.92 Å². The number of amides is 1. The number of nitrogens with one attached hydrogen (secondary N) is 1. The molecule has 2 nitrogen and oxygen atoms in total. The fourth-order valence-corrected chi connectivity index (χ4v) is 2.70. The number of allylic oxidation sites excluding steroid dienone is 2. The van der Waals surface area contributed by atoms with Crippen LogP contribution in [0.4, 0.5) is 0 Å². The lowest BCUT2D eigenvalue weighted by Crippen LogP contribution is -2.27. The Morgan fingerprint density at radius 3 is 2.74 bits per heavy atom. The Kier molecular flexibility index (Phi) is 4.20. The highest BCUT2D eigenvalue weighted by Crippen LogP contribution is 2.33. The molecule has 1 atom stereocenters. The van der Waals surface area contributed by atoms with E-state index in [9.17, 15) is 4.79 Å². The molecule has 2 rings (SSSR count). The number of hydrogen-bond donors (Lipinski definition) is 1. The van der Waals surface area contributed by atoms with Gasteiger partial charge in [-0.3, -0.25) is 4.79 Å². The van der Waals surface area contributed by atoms with Crippen molar-refractivity contribution in [3.63, 3.8) is 0 Å². The molecule has 19 heavy (non-hydrogen) atoms. The summed E-state index contributed by atoms with van der Waals surface area (Å²) in [7, 11) is 0. The summed E-state index contributed by atoms with van der Waals surface area (Å²) in [6.45, 7) is 5.76. The summed E-state index contributed by atoms with van der Waals surface area (Å²) in [4.78, 5) is 11.5. The average Bonchev–Trinajstić information content (AvgIpc) is 2.51. The fourth-order valence-electron chi connectivity index (χ4n) is 2.70. The van der Waals surface area contributed by atoms with Gasteiger partial charge in [-0.1, -0.05) is 42.0 Å². The molecule has 0 aliphatic heterocycles. The maximum atomic E-state index is 11.5. The summed E-state index contributed by atoms with van der Waals surface area (Å²) in [5.41, 5.74) is 5.14. The van der Waals surface area contributed by atoms with E-state index in [2.05, 4.69) is 36.5 Å². The van der Waals surface area contributed by atoms with E-state index in [0.29, 0.717) is 0 Å². The second kappa shape index (κ2) is 5.87. The average molecular weight is 255 g/mol. The zero-order chi connectivity index (χ0) is 13.8. The number of benzene rings is 1. The maximum absolute atomic E-state index is 11.5. The molecule has 1 aliphatic carbocycles. The summed E-state index contributed by atoms with van der Waals surface area (Å²) in [6, 6.07) is 8.38. The normalized spacial score (nSPS) is 19.2. The Bertz CT molecular complexity index is 540. The zero-order valence-electron chi connectivity index (χ0n) is 11.9. The first-order valence-corrected chi connectivity index (χ1v) is 6.80. The van der Waals surface area contributed by atoms with Crippen LogP contribution in [0.25, 0.3) is 0 Å². The number of carbonyl (C=O) groups is 1. The lowest BCUT2D eigenvalue weighted by Gasteiger charge is -2.21. The third-order valence-corrected chi connectivity index (χ3v) is 3.63. The van der Waals surface area contributed by atoms with Crippen molar-refractivity contribution in [2.45, 2.75) is 39.7 Å². The van der Waals surface area contributed by atoms with Gasteiger partial charge in [-0.15, -0.1) is 0 Å². The van der Waals surface area contributed by atoms with Gasteiger partial charge in [-0.05, 0) is 43.4 Å². The van der Waals surface area contributed by atoms with Crippen LogP contribution in [0.5, 0.6) is 0 Å². The minimum atomic E-state index is -0.0209. The van der Waals surface area contributed by atoms with Gasteiger partial charge in [0.1, 0.15) is 0 Å². The molecule has 0 saturated heterocycles. The molecule has 2 heteroatoms. The Balaban J connectivity index is 2.54. The number of hydrogen-bond acceptors (Lipinski definition) is 1. The molecule has 0 fully saturated rings. The van der Waals surface area contributed by atoms with Gasteiger partial charge in [0.25, 0.3) is 0 Å². The van der Waals surface area contributed by atoms with Crippen LogP contribution in [0.1, 0.15) is 44.4 Å². The van der Waals surface area contributed by atoms with E-state index >= 15 is 0 Å². The van der Waals surface area contributed by atoms with Crippen molar-refractivity contribution < 1.29 is 4.79 Å². The monoisotopic (exact) mass is 255 g/mol. The highest BCUT2D eigenvalue weighted by Gasteiger charge is 2.23. The van der Waals surface area contributed by atoms with E-state index in [0.717, 1.165) is 12.8 Å². The maximum Gasteiger partial charge on any atom is 0.217 e. The van der Waals surface area contributed by atoms with Crippen molar-refractivity contribution in [2.75, 3.05) is 0 Å². The van der Waals surface area contributed by atoms with Crippen molar-refractivity contribution in [1.82, 2.24) is 5.32 Å². The predicted molar refractivity (Wildman–Crippen MR) is 78.8 cm³/mol. The number of aryl methyl sites for hydroxylation is 1. The van der Waals surface area contributed by atoms with Crippen molar-refractivity contribution >= 4 is 5.91 Å². The molecule has 1 aliphatic rings. The van der Waals surface area contributed by atoms with Crippen LogP contribution in [-0.2, 0) is 11.2 Å². The second-order valence-electron chi connectivity index (χ2n) is 5.07. The van der Waals surface area contributed by atoms with Gasteiger partial charge in [0.2, 0.25) is 5.91 Å². The van der Waals surface area contributed by atoms with Crippen LogP contribution >= 0.6 is 0 Å². The van der Waals surface area contributed by atoms with Crippen LogP contribution in [0.15, 0.2) is 47.6 Å². The molecule has 1 amide bonds. The van der Waals surface area contributed by atoms with Gasteiger partial charge < -0.3 is 5.32 Å². The van der Waals surface area contributed by atoms with Crippen molar-refractivity contribution in [2.24, 2.45) is 0 Å². The van der Waals surface area contributed by atoms with Crippen LogP contribution in [-0.4, -0.2) is 5.91 Å². The standard InChI is InChI=1S/C17H21NO/c1-4-7-15-12(2)10-11-14-8-5-6-9-16(14)17(15)18-13(3)19/h4-9,17H,10-11H2,1-3H3,(H,18,19)/b7-4-. The summed E-state index contributed by atoms with van der Waals surface area (Å²) < 4.78 is 0. The third-order valence-electron chi connectivity index (χ3n) is 3.63.